The van der Waals surface area contributed by atoms with Gasteiger partial charge in [-0.25, -0.2) is 4.98 Å². The van der Waals surface area contributed by atoms with Crippen LogP contribution in [0.4, 0.5) is 23.1 Å². The number of benzene rings is 1. The molecule has 1 aliphatic heterocycles. The van der Waals surface area contributed by atoms with E-state index in [9.17, 15) is 4.79 Å². The molecule has 4 rings (SSSR count). The van der Waals surface area contributed by atoms with Crippen LogP contribution in [-0.4, -0.2) is 42.1 Å². The van der Waals surface area contributed by atoms with Crippen LogP contribution in [0.5, 0.6) is 5.75 Å². The zero-order valence-electron chi connectivity index (χ0n) is 19.0. The smallest absolute Gasteiger partial charge is 0.249 e. The molecule has 1 aliphatic carbocycles. The second kappa shape index (κ2) is 9.12. The van der Waals surface area contributed by atoms with Crippen LogP contribution in [0.1, 0.15) is 57.9 Å². The summed E-state index contributed by atoms with van der Waals surface area (Å²) in [7, 11) is 3.50. The van der Waals surface area contributed by atoms with Gasteiger partial charge in [-0.3, -0.25) is 4.79 Å². The number of likely N-dealkylation sites (N-methyl/N-ethyl adjacent to an activating group) is 1. The minimum atomic E-state index is -0.175. The van der Waals surface area contributed by atoms with Crippen molar-refractivity contribution in [2.45, 2.75) is 70.9 Å². The number of aromatic nitrogens is 2. The monoisotopic (exact) mass is 423 g/mol. The number of fused-ring (bicyclic) bond motifs is 1. The van der Waals surface area contributed by atoms with E-state index in [-0.39, 0.29) is 11.9 Å². The maximum Gasteiger partial charge on any atom is 0.249 e. The Morgan fingerprint density at radius 2 is 2.00 bits per heavy atom. The van der Waals surface area contributed by atoms with E-state index in [0.717, 1.165) is 55.0 Å². The molecule has 1 amide bonds. The van der Waals surface area contributed by atoms with Gasteiger partial charge in [0.2, 0.25) is 11.9 Å². The summed E-state index contributed by atoms with van der Waals surface area (Å²) in [5, 5.41) is 3.34. The SMILES string of the molecule is CCCc1ccc(Nc2ncc3c(n2)N(C2CCCC2)[C@H](CC)C(=O)N3C)c(OC)c1. The number of methoxy groups -OCH3 is 1. The minimum Gasteiger partial charge on any atom is -0.495 e. The first kappa shape index (κ1) is 21.4. The molecule has 0 radical (unpaired) electrons. The molecule has 1 N–H and O–H groups in total. The molecule has 2 aromatic rings. The lowest BCUT2D eigenvalue weighted by molar-refractivity contribution is -0.120. The van der Waals surface area contributed by atoms with Crippen molar-refractivity contribution in [2.24, 2.45) is 0 Å². The predicted molar refractivity (Wildman–Crippen MR) is 125 cm³/mol. The number of rotatable bonds is 7. The van der Waals surface area contributed by atoms with Gasteiger partial charge in [-0.2, -0.15) is 4.98 Å². The normalized spacial score (nSPS) is 19.0. The Labute approximate surface area is 184 Å². The maximum atomic E-state index is 13.0. The highest BCUT2D eigenvalue weighted by molar-refractivity contribution is 6.04. The van der Waals surface area contributed by atoms with Crippen molar-refractivity contribution in [3.63, 3.8) is 0 Å². The van der Waals surface area contributed by atoms with Crippen LogP contribution < -0.4 is 19.9 Å². The fourth-order valence-electron chi connectivity index (χ4n) is 4.85. The lowest BCUT2D eigenvalue weighted by Gasteiger charge is -2.43. The Morgan fingerprint density at radius 3 is 2.68 bits per heavy atom. The lowest BCUT2D eigenvalue weighted by atomic mass is 10.0. The summed E-state index contributed by atoms with van der Waals surface area (Å²) in [5.41, 5.74) is 2.86. The van der Waals surface area contributed by atoms with E-state index in [1.807, 2.05) is 13.1 Å². The zero-order valence-corrected chi connectivity index (χ0v) is 19.0. The van der Waals surface area contributed by atoms with Crippen molar-refractivity contribution in [3.8, 4) is 5.75 Å². The fourth-order valence-corrected chi connectivity index (χ4v) is 4.85. The maximum absolute atomic E-state index is 13.0. The summed E-state index contributed by atoms with van der Waals surface area (Å²) in [6.07, 6.45) is 9.24. The number of anilines is 4. The van der Waals surface area contributed by atoms with Crippen LogP contribution in [0, 0.1) is 0 Å². The van der Waals surface area contributed by atoms with Crippen molar-refractivity contribution in [1.29, 1.82) is 0 Å². The average Bonchev–Trinajstić information content (AvgIpc) is 3.31. The Balaban J connectivity index is 1.70. The molecular weight excluding hydrogens is 390 g/mol. The molecule has 7 heteroatoms. The molecule has 1 saturated carbocycles. The highest BCUT2D eigenvalue weighted by Gasteiger charge is 2.41. The number of hydrogen-bond donors (Lipinski definition) is 1. The minimum absolute atomic E-state index is 0.124. The highest BCUT2D eigenvalue weighted by atomic mass is 16.5. The van der Waals surface area contributed by atoms with E-state index in [1.165, 1.54) is 18.4 Å². The molecule has 1 aromatic heterocycles. The molecule has 0 bridgehead atoms. The van der Waals surface area contributed by atoms with E-state index in [0.29, 0.717) is 12.0 Å². The summed E-state index contributed by atoms with van der Waals surface area (Å²) in [4.78, 5) is 26.4. The van der Waals surface area contributed by atoms with Crippen LogP contribution in [0.15, 0.2) is 24.4 Å². The molecule has 1 atom stereocenters. The van der Waals surface area contributed by atoms with E-state index >= 15 is 0 Å². The number of nitrogens with one attached hydrogen (secondary N) is 1. The molecule has 7 nitrogen and oxygen atoms in total. The van der Waals surface area contributed by atoms with Crippen LogP contribution in [-0.2, 0) is 11.2 Å². The van der Waals surface area contributed by atoms with Gasteiger partial charge in [0.05, 0.1) is 19.0 Å². The van der Waals surface area contributed by atoms with Gasteiger partial charge in [0.25, 0.3) is 0 Å². The zero-order chi connectivity index (χ0) is 22.0. The standard InChI is InChI=1S/C24H33N5O2/c1-5-9-16-12-13-18(21(14-16)31-4)26-24-25-15-20-22(27-24)29(17-10-7-8-11-17)19(6-2)23(30)28(20)3/h12-15,17,19H,5-11H2,1-4H3,(H,25,26,27)/t19-/m1/s1. The topological polar surface area (TPSA) is 70.6 Å². The average molecular weight is 424 g/mol. The van der Waals surface area contributed by atoms with Gasteiger partial charge in [-0.05, 0) is 43.4 Å². The molecule has 2 heterocycles. The summed E-state index contributed by atoms with van der Waals surface area (Å²) in [6.45, 7) is 4.24. The van der Waals surface area contributed by atoms with E-state index in [2.05, 4.69) is 41.2 Å². The molecule has 0 saturated heterocycles. The van der Waals surface area contributed by atoms with Crippen LogP contribution >= 0.6 is 0 Å². The second-order valence-electron chi connectivity index (χ2n) is 8.48. The second-order valence-corrected chi connectivity index (χ2v) is 8.48. The van der Waals surface area contributed by atoms with Crippen molar-refractivity contribution in [3.05, 3.63) is 30.0 Å². The number of carbonyl (C=O) groups is 1. The third-order valence-electron chi connectivity index (χ3n) is 6.46. The number of carbonyl (C=O) groups excluding carboxylic acids is 1. The van der Waals surface area contributed by atoms with Gasteiger partial charge in [0, 0.05) is 13.1 Å². The van der Waals surface area contributed by atoms with Crippen molar-refractivity contribution in [2.75, 3.05) is 29.3 Å². The first-order valence-electron chi connectivity index (χ1n) is 11.4. The number of aryl methyl sites for hydroxylation is 1. The Morgan fingerprint density at radius 1 is 1.23 bits per heavy atom. The number of nitrogens with zero attached hydrogens (tertiary/aromatic N) is 4. The molecule has 1 aromatic carbocycles. The molecular formula is C24H33N5O2. The van der Waals surface area contributed by atoms with Crippen molar-refractivity contribution >= 4 is 29.0 Å². The van der Waals surface area contributed by atoms with Gasteiger partial charge in [-0.1, -0.05) is 39.2 Å². The summed E-state index contributed by atoms with van der Waals surface area (Å²) < 4.78 is 5.60. The third kappa shape index (κ3) is 4.05. The molecule has 0 unspecified atom stereocenters. The Bertz CT molecular complexity index is 942. The lowest BCUT2D eigenvalue weighted by Crippen LogP contribution is -2.55. The Hall–Kier alpha value is -2.83. The summed E-state index contributed by atoms with van der Waals surface area (Å²) in [5.74, 6) is 2.26. The number of amides is 1. The van der Waals surface area contributed by atoms with Crippen LogP contribution in [0.2, 0.25) is 0 Å². The van der Waals surface area contributed by atoms with E-state index < -0.39 is 0 Å². The first-order valence-corrected chi connectivity index (χ1v) is 11.4. The van der Waals surface area contributed by atoms with Crippen LogP contribution in [0.25, 0.3) is 0 Å². The summed E-state index contributed by atoms with van der Waals surface area (Å²) >= 11 is 0. The van der Waals surface area contributed by atoms with Crippen molar-refractivity contribution < 1.29 is 9.53 Å². The van der Waals surface area contributed by atoms with Gasteiger partial charge in [0.1, 0.15) is 17.5 Å². The van der Waals surface area contributed by atoms with Gasteiger partial charge < -0.3 is 19.9 Å². The highest BCUT2D eigenvalue weighted by Crippen LogP contribution is 2.40. The number of ether oxygens (including phenoxy) is 1. The predicted octanol–water partition coefficient (Wildman–Crippen LogP) is 4.69. The van der Waals surface area contributed by atoms with Gasteiger partial charge in [0.15, 0.2) is 5.82 Å². The molecule has 0 spiro atoms. The Kier molecular flexibility index (Phi) is 6.30. The third-order valence-corrected chi connectivity index (χ3v) is 6.46. The van der Waals surface area contributed by atoms with E-state index in [1.54, 1.807) is 18.2 Å². The van der Waals surface area contributed by atoms with Gasteiger partial charge in [-0.15, -0.1) is 0 Å². The molecule has 1 fully saturated rings. The van der Waals surface area contributed by atoms with Crippen molar-refractivity contribution in [1.82, 2.24) is 9.97 Å². The largest absolute Gasteiger partial charge is 0.495 e. The van der Waals surface area contributed by atoms with Gasteiger partial charge >= 0.3 is 0 Å². The molecule has 2 aliphatic rings. The fraction of sp³-hybridized carbons (Fsp3) is 0.542. The molecule has 31 heavy (non-hydrogen) atoms. The number of hydrogen-bond acceptors (Lipinski definition) is 6. The molecule has 166 valence electrons. The first-order chi connectivity index (χ1) is 15.1. The summed E-state index contributed by atoms with van der Waals surface area (Å²) in [6, 6.07) is 6.37. The van der Waals surface area contributed by atoms with E-state index in [4.69, 9.17) is 9.72 Å². The quantitative estimate of drug-likeness (QED) is 0.697. The van der Waals surface area contributed by atoms with Crippen LogP contribution in [0.3, 0.4) is 0 Å².